The van der Waals surface area contributed by atoms with Crippen LogP contribution in [0.4, 0.5) is 4.39 Å². The molecule has 82 valence electrons. The lowest BCUT2D eigenvalue weighted by Crippen LogP contribution is -2.07. The lowest BCUT2D eigenvalue weighted by molar-refractivity contribution is 0.324. The normalized spacial score (nSPS) is 10.4. The van der Waals surface area contributed by atoms with E-state index in [0.29, 0.717) is 6.61 Å². The Morgan fingerprint density at radius 2 is 1.88 bits per heavy atom. The molecule has 2 aromatic carbocycles. The van der Waals surface area contributed by atoms with Crippen molar-refractivity contribution in [2.24, 2.45) is 0 Å². The van der Waals surface area contributed by atoms with E-state index in [1.807, 2.05) is 24.3 Å². The Hall–Kier alpha value is -1.90. The lowest BCUT2D eigenvalue weighted by atomic mass is 10.1. The fourth-order valence-electron chi connectivity index (χ4n) is 1.61. The summed E-state index contributed by atoms with van der Waals surface area (Å²) in [7, 11) is 0. The van der Waals surface area contributed by atoms with Crippen LogP contribution in [0.3, 0.4) is 0 Å². The van der Waals surface area contributed by atoms with E-state index in [4.69, 9.17) is 10.1 Å². The molecule has 0 unspecified atom stereocenters. The molecule has 0 aliphatic carbocycles. The quantitative estimate of drug-likeness (QED) is 0.607. The Kier molecular flexibility index (Phi) is 2.86. The van der Waals surface area contributed by atoms with Gasteiger partial charge >= 0.3 is 0 Å². The van der Waals surface area contributed by atoms with E-state index in [2.05, 4.69) is 0 Å². The van der Waals surface area contributed by atoms with Crippen LogP contribution >= 0.6 is 0 Å². The van der Waals surface area contributed by atoms with Crippen molar-refractivity contribution in [2.75, 3.05) is 6.61 Å². The Labute approximate surface area is 93.2 Å². The standard InChI is InChI=1S/C13H12FNO/c1-2-16-13(15)11-7-9-5-3-4-6-10(9)8-12(11)14/h3-8,15H,2H2,1H3. The molecule has 0 saturated heterocycles. The van der Waals surface area contributed by atoms with Crippen molar-refractivity contribution in [2.45, 2.75) is 6.92 Å². The molecule has 0 atom stereocenters. The fraction of sp³-hybridized carbons (Fsp3) is 0.154. The van der Waals surface area contributed by atoms with Gasteiger partial charge < -0.3 is 4.74 Å². The molecule has 2 aromatic rings. The lowest BCUT2D eigenvalue weighted by Gasteiger charge is -2.07. The number of fused-ring (bicyclic) bond motifs is 1. The molecule has 0 bridgehead atoms. The Bertz CT molecular complexity index is 536. The highest BCUT2D eigenvalue weighted by Gasteiger charge is 2.10. The summed E-state index contributed by atoms with van der Waals surface area (Å²) in [5.41, 5.74) is 0.209. The zero-order valence-electron chi connectivity index (χ0n) is 8.96. The van der Waals surface area contributed by atoms with Crippen molar-refractivity contribution < 1.29 is 9.13 Å². The van der Waals surface area contributed by atoms with E-state index >= 15 is 0 Å². The smallest absolute Gasteiger partial charge is 0.216 e. The van der Waals surface area contributed by atoms with Gasteiger partial charge in [0.05, 0.1) is 12.2 Å². The van der Waals surface area contributed by atoms with Crippen LogP contribution in [0.15, 0.2) is 36.4 Å². The summed E-state index contributed by atoms with van der Waals surface area (Å²) in [6, 6.07) is 10.5. The predicted molar refractivity (Wildman–Crippen MR) is 62.4 cm³/mol. The van der Waals surface area contributed by atoms with E-state index in [-0.39, 0.29) is 11.5 Å². The van der Waals surface area contributed by atoms with Crippen LogP contribution in [0.5, 0.6) is 0 Å². The van der Waals surface area contributed by atoms with Gasteiger partial charge in [0, 0.05) is 0 Å². The van der Waals surface area contributed by atoms with E-state index in [1.165, 1.54) is 6.07 Å². The number of benzene rings is 2. The molecule has 0 aromatic heterocycles. The van der Waals surface area contributed by atoms with E-state index in [0.717, 1.165) is 10.8 Å². The third-order valence-corrected chi connectivity index (χ3v) is 2.37. The summed E-state index contributed by atoms with van der Waals surface area (Å²) in [4.78, 5) is 0. The fourth-order valence-corrected chi connectivity index (χ4v) is 1.61. The SMILES string of the molecule is CCOC(=N)c1cc2ccccc2cc1F. The highest BCUT2D eigenvalue weighted by atomic mass is 19.1. The minimum atomic E-state index is -0.419. The van der Waals surface area contributed by atoms with Crippen LogP contribution in [0.1, 0.15) is 12.5 Å². The van der Waals surface area contributed by atoms with Crippen molar-refractivity contribution in [3.63, 3.8) is 0 Å². The first-order valence-corrected chi connectivity index (χ1v) is 5.12. The molecule has 3 heteroatoms. The summed E-state index contributed by atoms with van der Waals surface area (Å²) in [6.07, 6.45) is 0. The zero-order valence-corrected chi connectivity index (χ0v) is 8.96. The van der Waals surface area contributed by atoms with Crippen molar-refractivity contribution in [3.8, 4) is 0 Å². The molecule has 2 rings (SSSR count). The monoisotopic (exact) mass is 217 g/mol. The van der Waals surface area contributed by atoms with Gasteiger partial charge in [-0.2, -0.15) is 0 Å². The number of hydrogen-bond donors (Lipinski definition) is 1. The van der Waals surface area contributed by atoms with E-state index in [1.54, 1.807) is 13.0 Å². The zero-order chi connectivity index (χ0) is 11.5. The second kappa shape index (κ2) is 4.31. The molecular formula is C13H12FNO. The van der Waals surface area contributed by atoms with Gasteiger partial charge in [0.2, 0.25) is 5.90 Å². The molecule has 0 amide bonds. The van der Waals surface area contributed by atoms with E-state index in [9.17, 15) is 4.39 Å². The van der Waals surface area contributed by atoms with Crippen molar-refractivity contribution in [3.05, 3.63) is 47.8 Å². The van der Waals surface area contributed by atoms with Crippen LogP contribution in [-0.4, -0.2) is 12.5 Å². The maximum absolute atomic E-state index is 13.7. The summed E-state index contributed by atoms with van der Waals surface area (Å²) in [6.45, 7) is 2.14. The number of nitrogens with one attached hydrogen (secondary N) is 1. The summed E-state index contributed by atoms with van der Waals surface area (Å²) in [5.74, 6) is -0.539. The summed E-state index contributed by atoms with van der Waals surface area (Å²) in [5, 5.41) is 9.32. The Morgan fingerprint density at radius 3 is 2.50 bits per heavy atom. The third kappa shape index (κ3) is 1.89. The molecule has 0 fully saturated rings. The Balaban J connectivity index is 2.54. The topological polar surface area (TPSA) is 33.1 Å². The second-order valence-corrected chi connectivity index (χ2v) is 3.44. The molecule has 1 N–H and O–H groups in total. The highest BCUT2D eigenvalue weighted by Crippen LogP contribution is 2.19. The number of halogens is 1. The third-order valence-electron chi connectivity index (χ3n) is 2.37. The molecule has 0 saturated carbocycles. The minimum Gasteiger partial charge on any atom is -0.478 e. The summed E-state index contributed by atoms with van der Waals surface area (Å²) < 4.78 is 18.7. The van der Waals surface area contributed by atoms with Crippen molar-refractivity contribution in [1.82, 2.24) is 0 Å². The van der Waals surface area contributed by atoms with Crippen LogP contribution in [0, 0.1) is 11.2 Å². The summed E-state index contributed by atoms with van der Waals surface area (Å²) >= 11 is 0. The van der Waals surface area contributed by atoms with Crippen LogP contribution in [-0.2, 0) is 4.74 Å². The van der Waals surface area contributed by atoms with Gasteiger partial charge in [0.15, 0.2) is 0 Å². The van der Waals surface area contributed by atoms with Gasteiger partial charge in [-0.15, -0.1) is 0 Å². The predicted octanol–water partition coefficient (Wildman–Crippen LogP) is 3.34. The Morgan fingerprint density at radius 1 is 1.25 bits per heavy atom. The first-order chi connectivity index (χ1) is 7.72. The van der Waals surface area contributed by atoms with Gasteiger partial charge in [-0.1, -0.05) is 24.3 Å². The number of rotatable bonds is 2. The van der Waals surface area contributed by atoms with Gasteiger partial charge in [-0.25, -0.2) is 4.39 Å². The number of ether oxygens (including phenoxy) is 1. The second-order valence-electron chi connectivity index (χ2n) is 3.44. The van der Waals surface area contributed by atoms with Crippen LogP contribution < -0.4 is 0 Å². The average molecular weight is 217 g/mol. The first-order valence-electron chi connectivity index (χ1n) is 5.12. The van der Waals surface area contributed by atoms with Crippen molar-refractivity contribution >= 4 is 16.7 Å². The van der Waals surface area contributed by atoms with Crippen molar-refractivity contribution in [1.29, 1.82) is 5.41 Å². The minimum absolute atomic E-state index is 0.120. The number of hydrogen-bond acceptors (Lipinski definition) is 2. The molecular weight excluding hydrogens is 205 g/mol. The van der Waals surface area contributed by atoms with Gasteiger partial charge in [0.1, 0.15) is 5.82 Å². The first kappa shape index (κ1) is 10.6. The maximum atomic E-state index is 13.7. The van der Waals surface area contributed by atoms with Gasteiger partial charge in [-0.05, 0) is 29.8 Å². The molecule has 0 spiro atoms. The maximum Gasteiger partial charge on any atom is 0.216 e. The molecule has 0 aliphatic heterocycles. The molecule has 0 radical (unpaired) electrons. The molecule has 16 heavy (non-hydrogen) atoms. The van der Waals surface area contributed by atoms with Crippen LogP contribution in [0.25, 0.3) is 10.8 Å². The average Bonchev–Trinajstić information content (AvgIpc) is 2.28. The molecule has 0 aliphatic rings. The van der Waals surface area contributed by atoms with Gasteiger partial charge in [-0.3, -0.25) is 5.41 Å². The highest BCUT2D eigenvalue weighted by molar-refractivity contribution is 5.97. The van der Waals surface area contributed by atoms with Crippen LogP contribution in [0.2, 0.25) is 0 Å². The largest absolute Gasteiger partial charge is 0.478 e. The molecule has 0 heterocycles. The molecule has 2 nitrogen and oxygen atoms in total. The van der Waals surface area contributed by atoms with E-state index < -0.39 is 5.82 Å². The van der Waals surface area contributed by atoms with Gasteiger partial charge in [0.25, 0.3) is 0 Å².